The van der Waals surface area contributed by atoms with Gasteiger partial charge in [0.1, 0.15) is 23.0 Å². The molecule has 0 fully saturated rings. The van der Waals surface area contributed by atoms with E-state index in [1.807, 2.05) is 84.9 Å². The van der Waals surface area contributed by atoms with Crippen molar-refractivity contribution in [2.45, 2.75) is 0 Å². The van der Waals surface area contributed by atoms with Crippen LogP contribution < -0.4 is 34.9 Å². The molecule has 1 N–H and O–H groups in total. The van der Waals surface area contributed by atoms with E-state index in [4.69, 9.17) is 18.9 Å². The first-order valence-electron chi connectivity index (χ1n) is 13.3. The summed E-state index contributed by atoms with van der Waals surface area (Å²) in [5.41, 5.74) is 3.61. The maximum Gasteiger partial charge on any atom is 0.336 e. The second-order valence-corrected chi connectivity index (χ2v) is 11.4. The lowest BCUT2D eigenvalue weighted by atomic mass is 10.0. The summed E-state index contributed by atoms with van der Waals surface area (Å²) in [5, 5.41) is 12.9. The number of hydrogen-bond acceptors (Lipinski definition) is 5. The molecule has 0 aliphatic rings. The van der Waals surface area contributed by atoms with Gasteiger partial charge >= 0.3 is 5.97 Å². The highest BCUT2D eigenvalue weighted by Gasteiger charge is 2.29. The topological polar surface area (TPSA) is 74.2 Å². The van der Waals surface area contributed by atoms with Crippen molar-refractivity contribution in [1.29, 1.82) is 0 Å². The number of ether oxygens (including phenoxy) is 4. The summed E-state index contributed by atoms with van der Waals surface area (Å²) >= 11 is 0. The molecule has 0 unspecified atom stereocenters. The Morgan fingerprint density at radius 3 is 1.24 bits per heavy atom. The normalized spacial score (nSPS) is 10.8. The summed E-state index contributed by atoms with van der Waals surface area (Å²) in [5.74, 6) is 1.63. The largest absolute Gasteiger partial charge is 0.496 e. The molecule has 0 amide bonds. The van der Waals surface area contributed by atoms with E-state index in [9.17, 15) is 9.90 Å². The van der Waals surface area contributed by atoms with Gasteiger partial charge in [-0.3, -0.25) is 0 Å². The third-order valence-electron chi connectivity index (χ3n) is 7.06. The first kappa shape index (κ1) is 28.7. The van der Waals surface area contributed by atoms with Crippen molar-refractivity contribution in [2.24, 2.45) is 0 Å². The fraction of sp³-hybridized carbons (Fsp3) is 0.114. The first-order chi connectivity index (χ1) is 20.5. The Balaban J connectivity index is 1.91. The predicted molar refractivity (Wildman–Crippen MR) is 169 cm³/mol. The highest BCUT2D eigenvalue weighted by atomic mass is 31.1. The average molecular weight is 579 g/mol. The molecule has 0 saturated heterocycles. The van der Waals surface area contributed by atoms with Gasteiger partial charge in [-0.05, 0) is 65.3 Å². The standard InChI is InChI=1S/C35H31O6P/c1-38-26-16-11-17-27(39-2)33(26)23-13-5-8-20-30(23)42(32-22-10-7-15-25(32)35(36)37)31-21-9-6-14-24(31)34-28(40-3)18-12-19-29(34)41-4/h5-22H,1-4H3,(H,36,37). The number of rotatable bonds is 10. The van der Waals surface area contributed by atoms with Gasteiger partial charge < -0.3 is 24.1 Å². The molecule has 0 saturated carbocycles. The van der Waals surface area contributed by atoms with Crippen LogP contribution in [0.2, 0.25) is 0 Å². The van der Waals surface area contributed by atoms with Crippen LogP contribution in [0.3, 0.4) is 0 Å². The van der Waals surface area contributed by atoms with Gasteiger partial charge in [0.25, 0.3) is 0 Å². The molecule has 0 atom stereocenters. The van der Waals surface area contributed by atoms with Crippen molar-refractivity contribution in [3.8, 4) is 45.3 Å². The zero-order chi connectivity index (χ0) is 29.6. The number of aromatic carboxylic acids is 1. The van der Waals surface area contributed by atoms with E-state index in [2.05, 4.69) is 12.1 Å². The van der Waals surface area contributed by atoms with Crippen molar-refractivity contribution in [2.75, 3.05) is 28.4 Å². The minimum absolute atomic E-state index is 0.243. The summed E-state index contributed by atoms with van der Waals surface area (Å²) in [7, 11) is 5.07. The quantitative estimate of drug-likeness (QED) is 0.191. The molecular weight excluding hydrogens is 547 g/mol. The zero-order valence-electron chi connectivity index (χ0n) is 23.8. The van der Waals surface area contributed by atoms with Crippen LogP contribution in [-0.2, 0) is 0 Å². The Morgan fingerprint density at radius 1 is 0.500 bits per heavy atom. The van der Waals surface area contributed by atoms with Crippen molar-refractivity contribution in [1.82, 2.24) is 0 Å². The van der Waals surface area contributed by atoms with E-state index in [0.717, 1.165) is 32.9 Å². The van der Waals surface area contributed by atoms with Crippen LogP contribution in [0.1, 0.15) is 10.4 Å². The lowest BCUT2D eigenvalue weighted by Crippen LogP contribution is -2.27. The van der Waals surface area contributed by atoms with E-state index < -0.39 is 13.9 Å². The highest BCUT2D eigenvalue weighted by Crippen LogP contribution is 2.47. The predicted octanol–water partition coefficient (Wildman–Crippen LogP) is 6.51. The number of hydrogen-bond donors (Lipinski definition) is 1. The van der Waals surface area contributed by atoms with Crippen LogP contribution in [0.5, 0.6) is 23.0 Å². The summed E-state index contributed by atoms with van der Waals surface area (Å²) in [6.07, 6.45) is 0. The Kier molecular flexibility index (Phi) is 8.75. The van der Waals surface area contributed by atoms with E-state index >= 15 is 0 Å². The van der Waals surface area contributed by atoms with Gasteiger partial charge in [-0.15, -0.1) is 0 Å². The first-order valence-corrected chi connectivity index (χ1v) is 14.6. The molecule has 5 aromatic carbocycles. The van der Waals surface area contributed by atoms with Crippen molar-refractivity contribution >= 4 is 29.8 Å². The van der Waals surface area contributed by atoms with Gasteiger partial charge in [0.15, 0.2) is 0 Å². The van der Waals surface area contributed by atoms with Crippen LogP contribution in [0.4, 0.5) is 0 Å². The summed E-state index contributed by atoms with van der Waals surface area (Å²) in [6, 6.07) is 34.6. The lowest BCUT2D eigenvalue weighted by molar-refractivity contribution is 0.0698. The van der Waals surface area contributed by atoms with Gasteiger partial charge in [0.2, 0.25) is 0 Å². The van der Waals surface area contributed by atoms with Crippen LogP contribution in [0.25, 0.3) is 22.3 Å². The average Bonchev–Trinajstić information content (AvgIpc) is 3.04. The SMILES string of the molecule is COc1cccc(OC)c1-c1ccccc1P(c1ccccc1C(=O)O)c1ccccc1-c1c(OC)cccc1OC. The number of carbonyl (C=O) groups is 1. The molecule has 0 bridgehead atoms. The lowest BCUT2D eigenvalue weighted by Gasteiger charge is -2.27. The molecule has 6 nitrogen and oxygen atoms in total. The Hall–Kier alpha value is -4.80. The molecule has 5 aromatic rings. The Bertz CT molecular complexity index is 1590. The summed E-state index contributed by atoms with van der Waals surface area (Å²) in [6.45, 7) is 0. The number of methoxy groups -OCH3 is 4. The van der Waals surface area contributed by atoms with Crippen LogP contribution >= 0.6 is 7.92 Å². The molecule has 0 radical (unpaired) electrons. The highest BCUT2D eigenvalue weighted by molar-refractivity contribution is 7.80. The van der Waals surface area contributed by atoms with E-state index in [0.29, 0.717) is 28.3 Å². The van der Waals surface area contributed by atoms with Crippen molar-refractivity contribution in [3.05, 3.63) is 115 Å². The molecule has 5 rings (SSSR count). The van der Waals surface area contributed by atoms with Crippen LogP contribution in [-0.4, -0.2) is 39.5 Å². The number of carboxylic acid groups (broad SMARTS) is 1. The smallest absolute Gasteiger partial charge is 0.336 e. The Morgan fingerprint density at radius 2 is 0.857 bits per heavy atom. The molecule has 0 aliphatic heterocycles. The van der Waals surface area contributed by atoms with Gasteiger partial charge in [0.05, 0.1) is 45.1 Å². The van der Waals surface area contributed by atoms with Crippen LogP contribution in [0.15, 0.2) is 109 Å². The van der Waals surface area contributed by atoms with Gasteiger partial charge in [-0.1, -0.05) is 78.9 Å². The molecule has 0 aliphatic carbocycles. The van der Waals surface area contributed by atoms with E-state index in [1.54, 1.807) is 40.6 Å². The molecule has 0 spiro atoms. The molecule has 7 heteroatoms. The fourth-order valence-electron chi connectivity index (χ4n) is 5.23. The van der Waals surface area contributed by atoms with Crippen molar-refractivity contribution < 1.29 is 28.8 Å². The molecule has 212 valence electrons. The monoisotopic (exact) mass is 578 g/mol. The van der Waals surface area contributed by atoms with Gasteiger partial charge in [-0.25, -0.2) is 4.79 Å². The maximum atomic E-state index is 12.6. The maximum absolute atomic E-state index is 12.6. The number of carboxylic acids is 1. The summed E-state index contributed by atoms with van der Waals surface area (Å²) < 4.78 is 23.2. The number of benzene rings is 5. The third kappa shape index (κ3) is 5.29. The molecule has 42 heavy (non-hydrogen) atoms. The summed E-state index contributed by atoms with van der Waals surface area (Å²) in [4.78, 5) is 12.6. The van der Waals surface area contributed by atoms with Gasteiger partial charge in [0, 0.05) is 0 Å². The minimum Gasteiger partial charge on any atom is -0.496 e. The van der Waals surface area contributed by atoms with E-state index in [1.165, 1.54) is 0 Å². The third-order valence-corrected chi connectivity index (χ3v) is 9.67. The zero-order valence-corrected chi connectivity index (χ0v) is 24.7. The van der Waals surface area contributed by atoms with Gasteiger partial charge in [-0.2, -0.15) is 0 Å². The molecule has 0 heterocycles. The van der Waals surface area contributed by atoms with Crippen molar-refractivity contribution in [3.63, 3.8) is 0 Å². The molecular formula is C35H31O6P. The van der Waals surface area contributed by atoms with Crippen LogP contribution in [0, 0.1) is 0 Å². The fourth-order valence-corrected chi connectivity index (χ4v) is 7.98. The molecule has 0 aromatic heterocycles. The Labute approximate surface area is 246 Å². The van der Waals surface area contributed by atoms with E-state index in [-0.39, 0.29) is 5.56 Å². The second-order valence-electron chi connectivity index (χ2n) is 9.27. The second kappa shape index (κ2) is 12.8. The minimum atomic E-state index is -1.46.